The van der Waals surface area contributed by atoms with Gasteiger partial charge in [0.2, 0.25) is 10.0 Å². The summed E-state index contributed by atoms with van der Waals surface area (Å²) in [7, 11) is -3.58. The summed E-state index contributed by atoms with van der Waals surface area (Å²) in [6.45, 7) is 0.461. The van der Waals surface area contributed by atoms with E-state index in [1.54, 1.807) is 12.1 Å². The number of benzene rings is 1. The lowest BCUT2D eigenvalue weighted by Gasteiger charge is -2.21. The third-order valence-electron chi connectivity index (χ3n) is 3.20. The van der Waals surface area contributed by atoms with Crippen molar-refractivity contribution in [2.75, 3.05) is 18.1 Å². The van der Waals surface area contributed by atoms with Crippen LogP contribution in [0.4, 0.5) is 0 Å². The Balaban J connectivity index is 2.07. The number of sulfonamides is 1. The van der Waals surface area contributed by atoms with E-state index in [-0.39, 0.29) is 10.5 Å². The minimum atomic E-state index is -3.58. The van der Waals surface area contributed by atoms with Crippen LogP contribution >= 0.6 is 11.8 Å². The average molecular weight is 296 g/mol. The van der Waals surface area contributed by atoms with Crippen molar-refractivity contribution >= 4 is 21.8 Å². The van der Waals surface area contributed by atoms with Crippen molar-refractivity contribution in [3.8, 4) is 6.07 Å². The second kappa shape index (κ2) is 6.42. The maximum atomic E-state index is 12.2. The Hall–Kier alpha value is -1.03. The summed E-state index contributed by atoms with van der Waals surface area (Å²) >= 11 is 1.91. The predicted molar refractivity (Wildman–Crippen MR) is 76.4 cm³/mol. The zero-order valence-corrected chi connectivity index (χ0v) is 12.1. The first-order chi connectivity index (χ1) is 9.13. The summed E-state index contributed by atoms with van der Waals surface area (Å²) in [5.74, 6) is 2.60. The van der Waals surface area contributed by atoms with Crippen LogP contribution in [-0.2, 0) is 10.0 Å². The van der Waals surface area contributed by atoms with Gasteiger partial charge in [0.25, 0.3) is 0 Å². The lowest BCUT2D eigenvalue weighted by Crippen LogP contribution is -2.31. The average Bonchev–Trinajstić information content (AvgIpc) is 2.46. The summed E-state index contributed by atoms with van der Waals surface area (Å²) in [5, 5.41) is 8.95. The van der Waals surface area contributed by atoms with E-state index in [1.165, 1.54) is 12.1 Å². The normalized spacial score (nSPS) is 17.0. The maximum absolute atomic E-state index is 12.2. The molecule has 6 heteroatoms. The van der Waals surface area contributed by atoms with Crippen LogP contribution in [0.15, 0.2) is 29.2 Å². The summed E-state index contributed by atoms with van der Waals surface area (Å²) in [5.41, 5.74) is 0.189. The molecule has 102 valence electrons. The Morgan fingerprint density at radius 1 is 1.32 bits per heavy atom. The van der Waals surface area contributed by atoms with Crippen molar-refractivity contribution in [2.24, 2.45) is 5.92 Å². The van der Waals surface area contributed by atoms with Crippen molar-refractivity contribution in [1.82, 2.24) is 4.72 Å². The predicted octanol–water partition coefficient (Wildman–Crippen LogP) is 1.98. The molecule has 2 rings (SSSR count). The van der Waals surface area contributed by atoms with E-state index in [0.29, 0.717) is 12.5 Å². The fourth-order valence-corrected chi connectivity index (χ4v) is 4.52. The van der Waals surface area contributed by atoms with Crippen molar-refractivity contribution < 1.29 is 8.42 Å². The third-order valence-corrected chi connectivity index (χ3v) is 5.73. The van der Waals surface area contributed by atoms with Gasteiger partial charge in [-0.3, -0.25) is 0 Å². The van der Waals surface area contributed by atoms with Crippen molar-refractivity contribution in [2.45, 2.75) is 17.7 Å². The van der Waals surface area contributed by atoms with Crippen LogP contribution in [0.2, 0.25) is 0 Å². The number of hydrogen-bond acceptors (Lipinski definition) is 4. The van der Waals surface area contributed by atoms with E-state index in [4.69, 9.17) is 5.26 Å². The first-order valence-electron chi connectivity index (χ1n) is 6.20. The van der Waals surface area contributed by atoms with Crippen LogP contribution in [0.3, 0.4) is 0 Å². The molecule has 0 aromatic heterocycles. The molecule has 4 nitrogen and oxygen atoms in total. The molecule has 0 atom stereocenters. The Morgan fingerprint density at radius 3 is 2.68 bits per heavy atom. The molecule has 1 aliphatic heterocycles. The standard InChI is InChI=1S/C13H16N2O2S2/c14-9-12-3-1-2-4-13(12)19(16,17)15-10-11-5-7-18-8-6-11/h1-4,11,15H,5-8,10H2. The zero-order valence-electron chi connectivity index (χ0n) is 10.5. The number of nitrogens with one attached hydrogen (secondary N) is 1. The summed E-state index contributed by atoms with van der Waals surface area (Å²) in [6.07, 6.45) is 2.10. The van der Waals surface area contributed by atoms with E-state index in [2.05, 4.69) is 4.72 Å². The zero-order chi connectivity index (χ0) is 13.7. The smallest absolute Gasteiger partial charge is 0.211 e. The molecular weight excluding hydrogens is 280 g/mol. The first-order valence-corrected chi connectivity index (χ1v) is 8.84. The van der Waals surface area contributed by atoms with Crippen LogP contribution in [0.5, 0.6) is 0 Å². The number of hydrogen-bond donors (Lipinski definition) is 1. The highest BCUT2D eigenvalue weighted by Crippen LogP contribution is 2.22. The van der Waals surface area contributed by atoms with Crippen LogP contribution in [0.25, 0.3) is 0 Å². The molecule has 0 saturated carbocycles. The van der Waals surface area contributed by atoms with Gasteiger partial charge in [0.1, 0.15) is 6.07 Å². The largest absolute Gasteiger partial charge is 0.241 e. The molecule has 1 saturated heterocycles. The van der Waals surface area contributed by atoms with Gasteiger partial charge in [-0.15, -0.1) is 0 Å². The van der Waals surface area contributed by atoms with Gasteiger partial charge in [-0.05, 0) is 42.4 Å². The number of thioether (sulfide) groups is 1. The van der Waals surface area contributed by atoms with Crippen molar-refractivity contribution in [3.63, 3.8) is 0 Å². The second-order valence-corrected chi connectivity index (χ2v) is 7.48. The van der Waals surface area contributed by atoms with Crippen LogP contribution in [0.1, 0.15) is 18.4 Å². The molecule has 0 aliphatic carbocycles. The minimum Gasteiger partial charge on any atom is -0.211 e. The number of rotatable bonds is 4. The molecule has 1 aliphatic rings. The SMILES string of the molecule is N#Cc1ccccc1S(=O)(=O)NCC1CCSCC1. The van der Waals surface area contributed by atoms with Gasteiger partial charge < -0.3 is 0 Å². The Morgan fingerprint density at radius 2 is 2.00 bits per heavy atom. The molecule has 1 N–H and O–H groups in total. The molecule has 1 aromatic rings. The fraction of sp³-hybridized carbons (Fsp3) is 0.462. The van der Waals surface area contributed by atoms with Gasteiger partial charge in [0.15, 0.2) is 0 Å². The quantitative estimate of drug-likeness (QED) is 0.922. The molecule has 1 aromatic carbocycles. The van der Waals surface area contributed by atoms with Crippen LogP contribution in [-0.4, -0.2) is 26.5 Å². The topological polar surface area (TPSA) is 70.0 Å². The van der Waals surface area contributed by atoms with Crippen LogP contribution < -0.4 is 4.72 Å². The molecule has 0 radical (unpaired) electrons. The monoisotopic (exact) mass is 296 g/mol. The van der Waals surface area contributed by atoms with Crippen LogP contribution in [0, 0.1) is 17.2 Å². The molecule has 0 spiro atoms. The Bertz CT molecular complexity index is 573. The van der Waals surface area contributed by atoms with Gasteiger partial charge in [0.05, 0.1) is 10.5 Å². The summed E-state index contributed by atoms with van der Waals surface area (Å²) < 4.78 is 27.0. The van der Waals surface area contributed by atoms with E-state index in [1.807, 2.05) is 17.8 Å². The van der Waals surface area contributed by atoms with Crippen molar-refractivity contribution in [1.29, 1.82) is 5.26 Å². The molecule has 0 unspecified atom stereocenters. The lowest BCUT2D eigenvalue weighted by atomic mass is 10.0. The van der Waals surface area contributed by atoms with E-state index in [0.717, 1.165) is 24.3 Å². The highest BCUT2D eigenvalue weighted by Gasteiger charge is 2.21. The highest BCUT2D eigenvalue weighted by molar-refractivity contribution is 7.99. The Labute approximate surface area is 118 Å². The molecule has 19 heavy (non-hydrogen) atoms. The first kappa shape index (κ1) is 14.4. The maximum Gasteiger partial charge on any atom is 0.241 e. The second-order valence-electron chi connectivity index (χ2n) is 4.52. The number of nitriles is 1. The minimum absolute atomic E-state index is 0.0719. The number of nitrogens with zero attached hydrogens (tertiary/aromatic N) is 1. The molecule has 1 heterocycles. The van der Waals surface area contributed by atoms with Crippen molar-refractivity contribution in [3.05, 3.63) is 29.8 Å². The summed E-state index contributed by atoms with van der Waals surface area (Å²) in [6, 6.07) is 8.20. The fourth-order valence-electron chi connectivity index (χ4n) is 2.05. The third kappa shape index (κ3) is 3.72. The Kier molecular flexibility index (Phi) is 4.86. The van der Waals surface area contributed by atoms with Gasteiger partial charge in [0, 0.05) is 6.54 Å². The molecule has 0 amide bonds. The van der Waals surface area contributed by atoms with E-state index < -0.39 is 10.0 Å². The van der Waals surface area contributed by atoms with Gasteiger partial charge in [-0.25, -0.2) is 13.1 Å². The van der Waals surface area contributed by atoms with E-state index in [9.17, 15) is 8.42 Å². The van der Waals surface area contributed by atoms with Gasteiger partial charge >= 0.3 is 0 Å². The molecule has 0 bridgehead atoms. The molecular formula is C13H16N2O2S2. The van der Waals surface area contributed by atoms with E-state index >= 15 is 0 Å². The lowest BCUT2D eigenvalue weighted by molar-refractivity contribution is 0.476. The van der Waals surface area contributed by atoms with Gasteiger partial charge in [-0.2, -0.15) is 17.0 Å². The van der Waals surface area contributed by atoms with Gasteiger partial charge in [-0.1, -0.05) is 12.1 Å². The highest BCUT2D eigenvalue weighted by atomic mass is 32.2. The molecule has 1 fully saturated rings. The summed E-state index contributed by atoms with van der Waals surface area (Å²) in [4.78, 5) is 0.0719.